The van der Waals surface area contributed by atoms with Gasteiger partial charge in [-0.05, 0) is 31.2 Å². The SMILES string of the molecule is Cl.O=C(NCc1cc2n(n1)CCCNC2)c1c[nH]c2c(F)cccc2c1=O. The lowest BCUT2D eigenvalue weighted by Gasteiger charge is -2.05. The summed E-state index contributed by atoms with van der Waals surface area (Å²) in [4.78, 5) is 27.5. The molecule has 0 spiro atoms. The van der Waals surface area contributed by atoms with Crippen molar-refractivity contribution in [3.63, 3.8) is 0 Å². The first-order valence-electron chi connectivity index (χ1n) is 8.48. The van der Waals surface area contributed by atoms with E-state index in [9.17, 15) is 14.0 Å². The molecule has 27 heavy (non-hydrogen) atoms. The number of aromatic nitrogens is 3. The molecule has 9 heteroatoms. The largest absolute Gasteiger partial charge is 0.358 e. The number of fused-ring (bicyclic) bond motifs is 2. The van der Waals surface area contributed by atoms with Gasteiger partial charge in [0.05, 0.1) is 23.4 Å². The quantitative estimate of drug-likeness (QED) is 0.633. The minimum Gasteiger partial charge on any atom is -0.358 e. The maximum atomic E-state index is 13.7. The van der Waals surface area contributed by atoms with E-state index in [1.54, 1.807) is 0 Å². The Morgan fingerprint density at radius 1 is 1.37 bits per heavy atom. The van der Waals surface area contributed by atoms with Gasteiger partial charge in [0, 0.05) is 24.7 Å². The molecule has 1 aliphatic heterocycles. The molecular formula is C18H19ClFN5O2. The Kier molecular flexibility index (Phi) is 5.57. The summed E-state index contributed by atoms with van der Waals surface area (Å²) in [6, 6.07) is 6.14. The molecule has 0 saturated heterocycles. The third-order valence-corrected chi connectivity index (χ3v) is 4.48. The average molecular weight is 392 g/mol. The normalized spacial score (nSPS) is 13.5. The molecule has 0 radical (unpaired) electrons. The molecule has 3 aromatic rings. The van der Waals surface area contributed by atoms with E-state index < -0.39 is 17.2 Å². The van der Waals surface area contributed by atoms with Gasteiger partial charge in [-0.1, -0.05) is 6.07 Å². The van der Waals surface area contributed by atoms with Crippen LogP contribution in [0.15, 0.2) is 35.3 Å². The van der Waals surface area contributed by atoms with E-state index in [1.165, 1.54) is 24.4 Å². The van der Waals surface area contributed by atoms with Gasteiger partial charge in [-0.15, -0.1) is 12.4 Å². The standard InChI is InChI=1S/C18H18FN5O2.ClH/c19-15-4-1-3-13-16(15)21-10-14(17(13)25)18(26)22-8-11-7-12-9-20-5-2-6-24(12)23-11;/h1,3-4,7,10,20H,2,5-6,8-9H2,(H,21,25)(H,22,26);1H. The first-order chi connectivity index (χ1) is 12.6. The molecule has 2 aromatic heterocycles. The zero-order valence-electron chi connectivity index (χ0n) is 14.4. The summed E-state index contributed by atoms with van der Waals surface area (Å²) in [6.07, 6.45) is 2.25. The van der Waals surface area contributed by atoms with Gasteiger partial charge in [0.2, 0.25) is 5.43 Å². The molecule has 1 aliphatic rings. The lowest BCUT2D eigenvalue weighted by Crippen LogP contribution is -2.28. The molecule has 0 aliphatic carbocycles. The second-order valence-corrected chi connectivity index (χ2v) is 6.26. The van der Waals surface area contributed by atoms with Gasteiger partial charge in [0.1, 0.15) is 11.4 Å². The van der Waals surface area contributed by atoms with Crippen molar-refractivity contribution in [2.75, 3.05) is 6.54 Å². The number of carbonyl (C=O) groups excluding carboxylic acids is 1. The summed E-state index contributed by atoms with van der Waals surface area (Å²) in [5.41, 5.74) is 1.36. The lowest BCUT2D eigenvalue weighted by atomic mass is 10.1. The van der Waals surface area contributed by atoms with Crippen LogP contribution in [-0.4, -0.2) is 27.2 Å². The van der Waals surface area contributed by atoms with Gasteiger partial charge in [0.25, 0.3) is 5.91 Å². The molecule has 3 heterocycles. The third kappa shape index (κ3) is 3.72. The van der Waals surface area contributed by atoms with Crippen LogP contribution >= 0.6 is 12.4 Å². The molecule has 3 N–H and O–H groups in total. The summed E-state index contributed by atoms with van der Waals surface area (Å²) in [5.74, 6) is -1.04. The van der Waals surface area contributed by atoms with E-state index in [2.05, 4.69) is 20.7 Å². The van der Waals surface area contributed by atoms with E-state index in [0.29, 0.717) is 0 Å². The van der Waals surface area contributed by atoms with Gasteiger partial charge < -0.3 is 15.6 Å². The average Bonchev–Trinajstić information content (AvgIpc) is 2.90. The third-order valence-electron chi connectivity index (χ3n) is 4.48. The Hall–Kier alpha value is -2.71. The van der Waals surface area contributed by atoms with E-state index in [4.69, 9.17) is 0 Å². The zero-order valence-corrected chi connectivity index (χ0v) is 15.2. The Bertz CT molecular complexity index is 1020. The number of pyridine rings is 1. The topological polar surface area (TPSA) is 91.8 Å². The molecule has 1 amide bonds. The number of H-pyrrole nitrogens is 1. The van der Waals surface area contributed by atoms with Crippen molar-refractivity contribution in [3.8, 4) is 0 Å². The molecule has 0 fully saturated rings. The van der Waals surface area contributed by atoms with Gasteiger partial charge in [-0.2, -0.15) is 5.10 Å². The Labute approximate surface area is 160 Å². The molecular weight excluding hydrogens is 373 g/mol. The number of halogens is 2. The number of amides is 1. The first kappa shape index (κ1) is 19.1. The van der Waals surface area contributed by atoms with Crippen LogP contribution in [0.3, 0.4) is 0 Å². The molecule has 0 saturated carbocycles. The molecule has 0 unspecified atom stereocenters. The minimum absolute atomic E-state index is 0. The van der Waals surface area contributed by atoms with Crippen LogP contribution in [0.5, 0.6) is 0 Å². The van der Waals surface area contributed by atoms with Crippen molar-refractivity contribution in [3.05, 3.63) is 63.5 Å². The summed E-state index contributed by atoms with van der Waals surface area (Å²) < 4.78 is 15.7. The highest BCUT2D eigenvalue weighted by molar-refractivity contribution is 5.97. The number of hydrogen-bond donors (Lipinski definition) is 3. The van der Waals surface area contributed by atoms with Crippen LogP contribution in [0, 0.1) is 5.82 Å². The summed E-state index contributed by atoms with van der Waals surface area (Å²) in [7, 11) is 0. The molecule has 7 nitrogen and oxygen atoms in total. The number of hydrogen-bond acceptors (Lipinski definition) is 4. The van der Waals surface area contributed by atoms with E-state index >= 15 is 0 Å². The summed E-state index contributed by atoms with van der Waals surface area (Å²) >= 11 is 0. The highest BCUT2D eigenvalue weighted by Gasteiger charge is 2.16. The fourth-order valence-electron chi connectivity index (χ4n) is 3.16. The van der Waals surface area contributed by atoms with Crippen LogP contribution in [0.1, 0.15) is 28.2 Å². The lowest BCUT2D eigenvalue weighted by molar-refractivity contribution is 0.0949. The van der Waals surface area contributed by atoms with Crippen LogP contribution in [-0.2, 0) is 19.6 Å². The fourth-order valence-corrected chi connectivity index (χ4v) is 3.16. The van der Waals surface area contributed by atoms with Crippen LogP contribution in [0.2, 0.25) is 0 Å². The Balaban J connectivity index is 0.00000210. The summed E-state index contributed by atoms with van der Waals surface area (Å²) in [6.45, 7) is 2.77. The molecule has 142 valence electrons. The summed E-state index contributed by atoms with van der Waals surface area (Å²) in [5, 5.41) is 10.7. The smallest absolute Gasteiger partial charge is 0.257 e. The van der Waals surface area contributed by atoms with Crippen molar-refractivity contribution in [2.45, 2.75) is 26.1 Å². The Morgan fingerprint density at radius 2 is 2.22 bits per heavy atom. The number of para-hydroxylation sites is 1. The number of benzene rings is 1. The van der Waals surface area contributed by atoms with Crippen LogP contribution in [0.25, 0.3) is 10.9 Å². The van der Waals surface area contributed by atoms with Crippen LogP contribution < -0.4 is 16.1 Å². The second-order valence-electron chi connectivity index (χ2n) is 6.26. The number of carbonyl (C=O) groups is 1. The molecule has 0 atom stereocenters. The highest BCUT2D eigenvalue weighted by atomic mass is 35.5. The van der Waals surface area contributed by atoms with Crippen molar-refractivity contribution in [1.29, 1.82) is 0 Å². The fraction of sp³-hybridized carbons (Fsp3) is 0.278. The van der Waals surface area contributed by atoms with Gasteiger partial charge in [0.15, 0.2) is 0 Å². The zero-order chi connectivity index (χ0) is 18.1. The molecule has 4 rings (SSSR count). The maximum absolute atomic E-state index is 13.7. The van der Waals surface area contributed by atoms with Crippen molar-refractivity contribution in [1.82, 2.24) is 25.4 Å². The van der Waals surface area contributed by atoms with Gasteiger partial charge >= 0.3 is 0 Å². The number of aryl methyl sites for hydroxylation is 1. The minimum atomic E-state index is -0.528. The van der Waals surface area contributed by atoms with Crippen molar-refractivity contribution < 1.29 is 9.18 Å². The van der Waals surface area contributed by atoms with Crippen molar-refractivity contribution in [2.24, 2.45) is 0 Å². The van der Waals surface area contributed by atoms with E-state index in [0.717, 1.165) is 37.4 Å². The van der Waals surface area contributed by atoms with E-state index in [-0.39, 0.29) is 35.4 Å². The first-order valence-corrected chi connectivity index (χ1v) is 8.48. The van der Waals surface area contributed by atoms with Gasteiger partial charge in [-0.3, -0.25) is 14.3 Å². The predicted octanol–water partition coefficient (Wildman–Crippen LogP) is 1.71. The number of nitrogens with zero attached hydrogens (tertiary/aromatic N) is 2. The van der Waals surface area contributed by atoms with Crippen LogP contribution in [0.4, 0.5) is 4.39 Å². The molecule has 1 aromatic carbocycles. The number of aromatic amines is 1. The number of nitrogens with one attached hydrogen (secondary N) is 3. The highest BCUT2D eigenvalue weighted by Crippen LogP contribution is 2.12. The predicted molar refractivity (Wildman–Crippen MR) is 101 cm³/mol. The second kappa shape index (κ2) is 7.89. The molecule has 0 bridgehead atoms. The monoisotopic (exact) mass is 391 g/mol. The Morgan fingerprint density at radius 3 is 3.07 bits per heavy atom. The maximum Gasteiger partial charge on any atom is 0.257 e. The van der Waals surface area contributed by atoms with Gasteiger partial charge in [-0.25, -0.2) is 4.39 Å². The van der Waals surface area contributed by atoms with E-state index in [1.807, 2.05) is 10.7 Å². The number of rotatable bonds is 3. The van der Waals surface area contributed by atoms with Crippen molar-refractivity contribution >= 4 is 29.2 Å².